The van der Waals surface area contributed by atoms with Gasteiger partial charge in [0, 0.05) is 23.8 Å². The van der Waals surface area contributed by atoms with E-state index in [9.17, 15) is 22.8 Å². The molecule has 0 amide bonds. The number of hydrogen-bond acceptors (Lipinski definition) is 4. The highest BCUT2D eigenvalue weighted by Crippen LogP contribution is 2.57. The van der Waals surface area contributed by atoms with E-state index >= 15 is 0 Å². The first kappa shape index (κ1) is 20.4. The van der Waals surface area contributed by atoms with Crippen LogP contribution in [0.15, 0.2) is 41.7 Å². The van der Waals surface area contributed by atoms with Crippen LogP contribution in [0.25, 0.3) is 10.8 Å². The van der Waals surface area contributed by atoms with Crippen LogP contribution in [-0.4, -0.2) is 25.0 Å². The van der Waals surface area contributed by atoms with Crippen LogP contribution >= 0.6 is 0 Å². The number of halogens is 3. The molecule has 0 spiro atoms. The number of rotatable bonds is 2. The molecule has 7 heteroatoms. The van der Waals surface area contributed by atoms with Gasteiger partial charge in [0.15, 0.2) is 5.78 Å². The first-order valence-corrected chi connectivity index (χ1v) is 9.69. The molecule has 0 aliphatic heterocycles. The Morgan fingerprint density at radius 1 is 1.20 bits per heavy atom. The number of hydrogen-bond donors (Lipinski definition) is 0. The van der Waals surface area contributed by atoms with Crippen LogP contribution in [0.1, 0.15) is 43.7 Å². The fraction of sp³-hybridized carbons (Fsp3) is 0.391. The first-order chi connectivity index (χ1) is 14.1. The summed E-state index contributed by atoms with van der Waals surface area (Å²) >= 11 is 0. The van der Waals surface area contributed by atoms with Crippen LogP contribution < -0.4 is 4.74 Å². The molecule has 2 aromatic carbocycles. The summed E-state index contributed by atoms with van der Waals surface area (Å²) in [6, 6.07) is 9.52. The molecular weight excluding hydrogens is 397 g/mol. The van der Waals surface area contributed by atoms with Gasteiger partial charge in [-0.2, -0.15) is 13.2 Å². The zero-order chi connectivity index (χ0) is 21.8. The third kappa shape index (κ3) is 3.07. The van der Waals surface area contributed by atoms with Crippen molar-refractivity contribution >= 4 is 22.5 Å². The number of methoxy groups -OCH3 is 1. The second kappa shape index (κ2) is 6.86. The van der Waals surface area contributed by atoms with Crippen molar-refractivity contribution in [3.63, 3.8) is 0 Å². The minimum Gasteiger partial charge on any atom is -0.497 e. The quantitative estimate of drug-likeness (QED) is 0.380. The van der Waals surface area contributed by atoms with Crippen molar-refractivity contribution in [1.82, 2.24) is 0 Å². The molecule has 30 heavy (non-hydrogen) atoms. The minimum absolute atomic E-state index is 0.105. The molecule has 0 unspecified atom stereocenters. The average molecular weight is 418 g/mol. The Morgan fingerprint density at radius 3 is 2.57 bits per heavy atom. The van der Waals surface area contributed by atoms with Gasteiger partial charge in [0.05, 0.1) is 7.11 Å². The maximum absolute atomic E-state index is 13.6. The molecule has 2 aliphatic carbocycles. The number of carbonyl (C=O) groups is 2. The standard InChI is InChI=1S/C23H21F3O4/c1-12(27)30-21(23(24,25)26)18-11-19-17-6-4-13-10-14(29-3)5-7-15(13)16(17)8-9-22(19,2)20(18)28/h4-7,10,19H,8-9,11H2,1-3H3/b21-18-/t19-,22+/m1/s1. The summed E-state index contributed by atoms with van der Waals surface area (Å²) in [4.78, 5) is 24.4. The second-order valence-corrected chi connectivity index (χ2v) is 8.12. The number of fused-ring (bicyclic) bond motifs is 5. The van der Waals surface area contributed by atoms with Gasteiger partial charge in [-0.3, -0.25) is 9.59 Å². The SMILES string of the molecule is COc1ccc2c3c(ccc2c1)[C@H]1C/C(=C(/OC(C)=O)C(F)(F)F)C(=O)[C@@]1(C)CC3. The van der Waals surface area contributed by atoms with Crippen molar-refractivity contribution in [2.24, 2.45) is 5.41 Å². The van der Waals surface area contributed by atoms with Gasteiger partial charge >= 0.3 is 12.1 Å². The molecule has 0 radical (unpaired) electrons. The van der Waals surface area contributed by atoms with E-state index in [0.29, 0.717) is 12.8 Å². The van der Waals surface area contributed by atoms with Gasteiger partial charge in [0.25, 0.3) is 0 Å². The van der Waals surface area contributed by atoms with Crippen LogP contribution in [0, 0.1) is 5.41 Å². The van der Waals surface area contributed by atoms with Crippen molar-refractivity contribution < 1.29 is 32.2 Å². The Labute approximate surface area is 171 Å². The highest BCUT2D eigenvalue weighted by Gasteiger charge is 2.55. The van der Waals surface area contributed by atoms with Crippen molar-refractivity contribution in [2.45, 2.75) is 45.2 Å². The van der Waals surface area contributed by atoms with E-state index in [1.807, 2.05) is 30.3 Å². The van der Waals surface area contributed by atoms with Crippen LogP contribution in [0.2, 0.25) is 0 Å². The summed E-state index contributed by atoms with van der Waals surface area (Å²) in [5, 5.41) is 1.99. The van der Waals surface area contributed by atoms with Crippen molar-refractivity contribution in [1.29, 1.82) is 0 Å². The van der Waals surface area contributed by atoms with Crippen molar-refractivity contribution in [2.75, 3.05) is 7.11 Å². The molecule has 2 atom stereocenters. The molecule has 2 aliphatic rings. The molecule has 4 nitrogen and oxygen atoms in total. The van der Waals surface area contributed by atoms with Crippen LogP contribution in [0.3, 0.4) is 0 Å². The molecule has 0 bridgehead atoms. The van der Waals surface area contributed by atoms with Gasteiger partial charge < -0.3 is 9.47 Å². The summed E-state index contributed by atoms with van der Waals surface area (Å²) in [5.74, 6) is -2.82. The largest absolute Gasteiger partial charge is 0.497 e. The van der Waals surface area contributed by atoms with Crippen LogP contribution in [0.5, 0.6) is 5.75 Å². The Balaban J connectivity index is 1.86. The van der Waals surface area contributed by atoms with Crippen molar-refractivity contribution in [3.05, 3.63) is 52.8 Å². The molecule has 0 N–H and O–H groups in total. The Bertz CT molecular complexity index is 1100. The van der Waals surface area contributed by atoms with E-state index in [1.165, 1.54) is 0 Å². The van der Waals surface area contributed by atoms with E-state index in [-0.39, 0.29) is 6.42 Å². The maximum atomic E-state index is 13.6. The number of carbonyl (C=O) groups excluding carboxylic acids is 2. The molecule has 158 valence electrons. The number of ketones is 1. The summed E-state index contributed by atoms with van der Waals surface area (Å²) in [5.41, 5.74) is 0.536. The van der Waals surface area contributed by atoms with Gasteiger partial charge in [-0.1, -0.05) is 25.1 Å². The molecule has 1 fully saturated rings. The molecule has 0 heterocycles. The number of esters is 1. The second-order valence-electron chi connectivity index (χ2n) is 8.12. The number of Topliss-reactive ketones (excluding diaryl/α,β-unsaturated/α-hetero) is 1. The number of benzene rings is 2. The topological polar surface area (TPSA) is 52.6 Å². The van der Waals surface area contributed by atoms with Crippen LogP contribution in [0.4, 0.5) is 13.2 Å². The van der Waals surface area contributed by atoms with Gasteiger partial charge in [-0.15, -0.1) is 0 Å². The lowest BCUT2D eigenvalue weighted by atomic mass is 9.66. The number of ether oxygens (including phenoxy) is 2. The lowest BCUT2D eigenvalue weighted by Gasteiger charge is -2.36. The third-order valence-corrected chi connectivity index (χ3v) is 6.39. The average Bonchev–Trinajstić information content (AvgIpc) is 2.95. The smallest absolute Gasteiger partial charge is 0.450 e. The van der Waals surface area contributed by atoms with Gasteiger partial charge in [0.2, 0.25) is 5.76 Å². The summed E-state index contributed by atoms with van der Waals surface area (Å²) in [6.07, 6.45) is -4.00. The summed E-state index contributed by atoms with van der Waals surface area (Å²) in [7, 11) is 1.59. The van der Waals surface area contributed by atoms with E-state index in [0.717, 1.165) is 34.6 Å². The number of aryl methyl sites for hydroxylation is 1. The molecule has 4 rings (SSSR count). The lowest BCUT2D eigenvalue weighted by molar-refractivity contribution is -0.159. The zero-order valence-electron chi connectivity index (χ0n) is 16.9. The summed E-state index contributed by atoms with van der Waals surface area (Å²) < 4.78 is 50.5. The molecule has 1 saturated carbocycles. The molecular formula is C23H21F3O4. The first-order valence-electron chi connectivity index (χ1n) is 9.69. The normalized spacial score (nSPS) is 25.0. The third-order valence-electron chi connectivity index (χ3n) is 6.39. The molecule has 0 aromatic heterocycles. The predicted molar refractivity (Wildman–Crippen MR) is 104 cm³/mol. The van der Waals surface area contributed by atoms with E-state index < -0.39 is 40.6 Å². The Hall–Kier alpha value is -2.83. The van der Waals surface area contributed by atoms with E-state index in [4.69, 9.17) is 4.74 Å². The highest BCUT2D eigenvalue weighted by molar-refractivity contribution is 6.04. The van der Waals surface area contributed by atoms with Gasteiger partial charge in [-0.05, 0) is 53.3 Å². The van der Waals surface area contributed by atoms with Crippen molar-refractivity contribution in [3.8, 4) is 5.75 Å². The number of allylic oxidation sites excluding steroid dienone is 2. The highest BCUT2D eigenvalue weighted by atomic mass is 19.4. The van der Waals surface area contributed by atoms with E-state index in [2.05, 4.69) is 4.74 Å². The predicted octanol–water partition coefficient (Wildman–Crippen LogP) is 5.24. The van der Waals surface area contributed by atoms with Gasteiger partial charge in [0.1, 0.15) is 5.75 Å². The molecule has 2 aromatic rings. The number of alkyl halides is 3. The monoisotopic (exact) mass is 418 g/mol. The minimum atomic E-state index is -4.91. The molecule has 0 saturated heterocycles. The fourth-order valence-corrected chi connectivity index (χ4v) is 4.90. The Morgan fingerprint density at radius 2 is 1.93 bits per heavy atom. The lowest BCUT2D eigenvalue weighted by Crippen LogP contribution is -2.33. The fourth-order valence-electron chi connectivity index (χ4n) is 4.90. The maximum Gasteiger partial charge on any atom is 0.450 e. The van der Waals surface area contributed by atoms with Crippen LogP contribution in [-0.2, 0) is 20.7 Å². The van der Waals surface area contributed by atoms with Gasteiger partial charge in [-0.25, -0.2) is 0 Å². The zero-order valence-corrected chi connectivity index (χ0v) is 16.9. The summed E-state index contributed by atoms with van der Waals surface area (Å²) in [6.45, 7) is 2.62. The Kier molecular flexibility index (Phi) is 4.67. The van der Waals surface area contributed by atoms with E-state index in [1.54, 1.807) is 14.0 Å².